The van der Waals surface area contributed by atoms with Crippen molar-refractivity contribution in [3.63, 3.8) is 0 Å². The van der Waals surface area contributed by atoms with Gasteiger partial charge in [0.2, 0.25) is 15.9 Å². The number of carbonyl (C=O) groups is 1. The van der Waals surface area contributed by atoms with Crippen LogP contribution in [-0.4, -0.2) is 44.8 Å². The Bertz CT molecular complexity index is 841. The molecule has 0 radical (unpaired) electrons. The highest BCUT2D eigenvalue weighted by molar-refractivity contribution is 7.89. The van der Waals surface area contributed by atoms with Crippen LogP contribution >= 0.6 is 11.3 Å². The number of benzene rings is 1. The molecule has 8 heteroatoms. The zero-order valence-corrected chi connectivity index (χ0v) is 17.5. The average Bonchev–Trinajstić information content (AvgIpc) is 3.05. The monoisotopic (exact) mass is 421 g/mol. The summed E-state index contributed by atoms with van der Waals surface area (Å²) in [5.74, 6) is -0.0854. The largest absolute Gasteiger partial charge is 0.376 e. The number of nitrogens with zero attached hydrogens (tertiary/aromatic N) is 1. The quantitative estimate of drug-likeness (QED) is 0.687. The molecular formula is C20H27N3O3S2. The number of hydrogen-bond acceptors (Lipinski definition) is 5. The maximum Gasteiger partial charge on any atom is 0.243 e. The number of anilines is 1. The molecule has 6 nitrogen and oxygen atoms in total. The standard InChI is InChI=1S/C20H27N3O3S2/c24-20(21-12-11-18-6-5-15-27-18)16-22-17-7-9-19(10-8-17)28(25,26)23-13-3-1-2-4-14-23/h5-10,15,22H,1-4,11-14,16H2,(H,21,24). The minimum Gasteiger partial charge on any atom is -0.376 e. The van der Waals surface area contributed by atoms with Crippen molar-refractivity contribution in [1.29, 1.82) is 0 Å². The highest BCUT2D eigenvalue weighted by atomic mass is 32.2. The molecule has 1 aromatic heterocycles. The molecule has 1 aliphatic rings. The van der Waals surface area contributed by atoms with Crippen LogP contribution in [0, 0.1) is 0 Å². The lowest BCUT2D eigenvalue weighted by Gasteiger charge is -2.20. The molecule has 0 atom stereocenters. The molecule has 1 saturated heterocycles. The number of carbonyl (C=O) groups excluding carboxylic acids is 1. The summed E-state index contributed by atoms with van der Waals surface area (Å²) in [6.45, 7) is 1.94. The third-order valence-corrected chi connectivity index (χ3v) is 7.63. The van der Waals surface area contributed by atoms with Crippen molar-refractivity contribution in [3.05, 3.63) is 46.7 Å². The summed E-state index contributed by atoms with van der Waals surface area (Å²) in [4.78, 5) is 13.5. The van der Waals surface area contributed by atoms with E-state index in [9.17, 15) is 13.2 Å². The molecule has 0 saturated carbocycles. The SMILES string of the molecule is O=C(CNc1ccc(S(=O)(=O)N2CCCCCC2)cc1)NCCc1cccs1. The number of rotatable bonds is 8. The van der Waals surface area contributed by atoms with Gasteiger partial charge < -0.3 is 10.6 Å². The second-order valence-electron chi connectivity index (χ2n) is 6.88. The van der Waals surface area contributed by atoms with Gasteiger partial charge in [-0.2, -0.15) is 4.31 Å². The molecule has 2 heterocycles. The Morgan fingerprint density at radius 3 is 2.39 bits per heavy atom. The maximum absolute atomic E-state index is 12.8. The minimum atomic E-state index is -3.44. The van der Waals surface area contributed by atoms with E-state index in [0.717, 1.165) is 37.8 Å². The van der Waals surface area contributed by atoms with Gasteiger partial charge in [0, 0.05) is 30.2 Å². The minimum absolute atomic E-state index is 0.0854. The van der Waals surface area contributed by atoms with Crippen LogP contribution in [0.2, 0.25) is 0 Å². The lowest BCUT2D eigenvalue weighted by Crippen LogP contribution is -2.32. The molecule has 0 spiro atoms. The summed E-state index contributed by atoms with van der Waals surface area (Å²) in [6.07, 6.45) is 4.84. The zero-order chi connectivity index (χ0) is 19.8. The number of hydrogen-bond donors (Lipinski definition) is 2. The fourth-order valence-electron chi connectivity index (χ4n) is 3.20. The maximum atomic E-state index is 12.8. The molecular weight excluding hydrogens is 394 g/mol. The van der Waals surface area contributed by atoms with E-state index in [1.807, 2.05) is 11.4 Å². The van der Waals surface area contributed by atoms with E-state index in [0.29, 0.717) is 24.5 Å². The zero-order valence-electron chi connectivity index (χ0n) is 15.9. The second-order valence-corrected chi connectivity index (χ2v) is 9.85. The first-order valence-electron chi connectivity index (χ1n) is 9.69. The van der Waals surface area contributed by atoms with Gasteiger partial charge >= 0.3 is 0 Å². The summed E-state index contributed by atoms with van der Waals surface area (Å²) in [5.41, 5.74) is 0.725. The van der Waals surface area contributed by atoms with Gasteiger partial charge in [-0.3, -0.25) is 4.79 Å². The number of sulfonamides is 1. The fraction of sp³-hybridized carbons (Fsp3) is 0.450. The van der Waals surface area contributed by atoms with Gasteiger partial charge in [0.25, 0.3) is 0 Å². The Morgan fingerprint density at radius 1 is 1.04 bits per heavy atom. The molecule has 1 fully saturated rings. The fourth-order valence-corrected chi connectivity index (χ4v) is 5.43. The number of amides is 1. The number of nitrogens with one attached hydrogen (secondary N) is 2. The van der Waals surface area contributed by atoms with Crippen molar-refractivity contribution in [3.8, 4) is 0 Å². The highest BCUT2D eigenvalue weighted by Crippen LogP contribution is 2.21. The van der Waals surface area contributed by atoms with Crippen LogP contribution < -0.4 is 10.6 Å². The molecule has 1 amide bonds. The third kappa shape index (κ3) is 5.80. The molecule has 28 heavy (non-hydrogen) atoms. The van der Waals surface area contributed by atoms with Gasteiger partial charge in [-0.1, -0.05) is 18.9 Å². The number of thiophene rings is 1. The van der Waals surface area contributed by atoms with Gasteiger partial charge in [0.1, 0.15) is 0 Å². The predicted molar refractivity (Wildman–Crippen MR) is 113 cm³/mol. The van der Waals surface area contributed by atoms with Crippen LogP contribution in [-0.2, 0) is 21.2 Å². The van der Waals surface area contributed by atoms with E-state index in [4.69, 9.17) is 0 Å². The molecule has 3 rings (SSSR count). The van der Waals surface area contributed by atoms with Crippen LogP contribution in [0.15, 0.2) is 46.7 Å². The summed E-state index contributed by atoms with van der Waals surface area (Å²) in [7, 11) is -3.44. The molecule has 0 bridgehead atoms. The van der Waals surface area contributed by atoms with Crippen LogP contribution in [0.1, 0.15) is 30.6 Å². The Kier molecular flexibility index (Phi) is 7.47. The molecule has 1 aliphatic heterocycles. The van der Waals surface area contributed by atoms with Gasteiger partial charge in [-0.05, 0) is 55.0 Å². The summed E-state index contributed by atoms with van der Waals surface area (Å²) in [5, 5.41) is 7.94. The van der Waals surface area contributed by atoms with Crippen molar-refractivity contribution in [2.24, 2.45) is 0 Å². The summed E-state index contributed by atoms with van der Waals surface area (Å²) in [6, 6.07) is 10.7. The van der Waals surface area contributed by atoms with Crippen LogP contribution in [0.4, 0.5) is 5.69 Å². The van der Waals surface area contributed by atoms with Crippen LogP contribution in [0.3, 0.4) is 0 Å². The molecule has 152 valence electrons. The molecule has 1 aromatic carbocycles. The third-order valence-electron chi connectivity index (χ3n) is 4.78. The van der Waals surface area contributed by atoms with E-state index < -0.39 is 10.0 Å². The van der Waals surface area contributed by atoms with Crippen molar-refractivity contribution >= 4 is 33.0 Å². The summed E-state index contributed by atoms with van der Waals surface area (Å²) < 4.78 is 27.1. The molecule has 2 N–H and O–H groups in total. The molecule has 2 aromatic rings. The first kappa shape index (κ1) is 20.8. The van der Waals surface area contributed by atoms with E-state index in [1.54, 1.807) is 39.9 Å². The van der Waals surface area contributed by atoms with Crippen molar-refractivity contribution in [1.82, 2.24) is 9.62 Å². The molecule has 0 unspecified atom stereocenters. The van der Waals surface area contributed by atoms with E-state index in [1.165, 1.54) is 4.88 Å². The van der Waals surface area contributed by atoms with Gasteiger partial charge in [0.05, 0.1) is 11.4 Å². The van der Waals surface area contributed by atoms with Crippen molar-refractivity contribution in [2.45, 2.75) is 37.0 Å². The Balaban J connectivity index is 1.47. The lowest BCUT2D eigenvalue weighted by molar-refractivity contribution is -0.119. The van der Waals surface area contributed by atoms with E-state index in [2.05, 4.69) is 16.7 Å². The topological polar surface area (TPSA) is 78.5 Å². The van der Waals surface area contributed by atoms with Gasteiger partial charge in [-0.25, -0.2) is 8.42 Å². The average molecular weight is 422 g/mol. The first-order valence-corrected chi connectivity index (χ1v) is 12.0. The Labute approximate surface area is 171 Å². The second kappa shape index (κ2) is 10.0. The normalized spacial score (nSPS) is 15.7. The first-order chi connectivity index (χ1) is 13.6. The van der Waals surface area contributed by atoms with Crippen LogP contribution in [0.25, 0.3) is 0 Å². The van der Waals surface area contributed by atoms with Gasteiger partial charge in [-0.15, -0.1) is 11.3 Å². The Hall–Kier alpha value is -1.90. The predicted octanol–water partition coefficient (Wildman–Crippen LogP) is 3.08. The van der Waals surface area contributed by atoms with Crippen molar-refractivity contribution < 1.29 is 13.2 Å². The van der Waals surface area contributed by atoms with E-state index in [-0.39, 0.29) is 12.5 Å². The lowest BCUT2D eigenvalue weighted by atomic mass is 10.2. The molecule has 0 aliphatic carbocycles. The van der Waals surface area contributed by atoms with E-state index >= 15 is 0 Å². The van der Waals surface area contributed by atoms with Crippen LogP contribution in [0.5, 0.6) is 0 Å². The van der Waals surface area contributed by atoms with Crippen molar-refractivity contribution in [2.75, 3.05) is 31.5 Å². The highest BCUT2D eigenvalue weighted by Gasteiger charge is 2.24. The Morgan fingerprint density at radius 2 is 1.75 bits per heavy atom. The smallest absolute Gasteiger partial charge is 0.243 e. The summed E-state index contributed by atoms with van der Waals surface area (Å²) >= 11 is 1.68. The van der Waals surface area contributed by atoms with Gasteiger partial charge in [0.15, 0.2) is 0 Å².